The van der Waals surface area contributed by atoms with E-state index in [1.165, 1.54) is 0 Å². The van der Waals surface area contributed by atoms with Crippen molar-refractivity contribution in [1.29, 1.82) is 5.26 Å². The number of hydrogen-bond donors (Lipinski definition) is 2. The molecule has 0 atom stereocenters. The van der Waals surface area contributed by atoms with Crippen molar-refractivity contribution in [2.75, 3.05) is 19.5 Å². The Morgan fingerprint density at radius 1 is 1.36 bits per heavy atom. The maximum Gasteiger partial charge on any atom is 0.254 e. The van der Waals surface area contributed by atoms with Gasteiger partial charge in [-0.05, 0) is 30.5 Å². The summed E-state index contributed by atoms with van der Waals surface area (Å²) in [6, 6.07) is 5.87. The zero-order valence-electron chi connectivity index (χ0n) is 15.5. The molecule has 0 unspecified atom stereocenters. The fourth-order valence-electron chi connectivity index (χ4n) is 3.73. The first-order valence-corrected chi connectivity index (χ1v) is 9.11. The van der Waals surface area contributed by atoms with Gasteiger partial charge in [0.15, 0.2) is 0 Å². The first-order valence-electron chi connectivity index (χ1n) is 9.11. The Hall–Kier alpha value is -3.60. The number of nitriles is 1. The number of amides is 1. The summed E-state index contributed by atoms with van der Waals surface area (Å²) in [5, 5.41) is 13.4. The topological polar surface area (TPSA) is 107 Å². The first-order chi connectivity index (χ1) is 13.6. The van der Waals surface area contributed by atoms with Gasteiger partial charge in [-0.1, -0.05) is 0 Å². The number of benzene rings is 1. The van der Waals surface area contributed by atoms with Gasteiger partial charge in [-0.2, -0.15) is 10.2 Å². The highest BCUT2D eigenvalue weighted by molar-refractivity contribution is 6.00. The summed E-state index contributed by atoms with van der Waals surface area (Å²) in [5.41, 5.74) is 4.31. The Balaban J connectivity index is 1.59. The number of nitrogens with zero attached hydrogens (tertiary/aromatic N) is 4. The van der Waals surface area contributed by atoms with Crippen LogP contribution in [0.5, 0.6) is 5.75 Å². The summed E-state index contributed by atoms with van der Waals surface area (Å²) >= 11 is 0. The molecule has 1 aliphatic heterocycles. The largest absolute Gasteiger partial charge is 0.495 e. The molecule has 3 aromatic rings. The predicted molar refractivity (Wildman–Crippen MR) is 103 cm³/mol. The van der Waals surface area contributed by atoms with Gasteiger partial charge in [0.25, 0.3) is 5.91 Å². The lowest BCUT2D eigenvalue weighted by molar-refractivity contribution is 0.0816. The fraction of sp³-hybridized carbons (Fsp3) is 0.300. The Labute approximate surface area is 161 Å². The molecule has 8 nitrogen and oxygen atoms in total. The van der Waals surface area contributed by atoms with Gasteiger partial charge in [-0.25, -0.2) is 4.98 Å². The number of methoxy groups -OCH3 is 1. The van der Waals surface area contributed by atoms with E-state index in [0.717, 1.165) is 29.5 Å². The van der Waals surface area contributed by atoms with Crippen LogP contribution in [0, 0.1) is 11.3 Å². The minimum absolute atomic E-state index is 0.0150. The van der Waals surface area contributed by atoms with Crippen LogP contribution in [0.25, 0.3) is 11.0 Å². The molecule has 28 heavy (non-hydrogen) atoms. The smallest absolute Gasteiger partial charge is 0.254 e. The number of carbonyl (C=O) groups is 1. The van der Waals surface area contributed by atoms with Gasteiger partial charge in [0.05, 0.1) is 29.4 Å². The second kappa shape index (κ2) is 5.96. The van der Waals surface area contributed by atoms with Crippen molar-refractivity contribution in [3.8, 4) is 11.8 Å². The van der Waals surface area contributed by atoms with Gasteiger partial charge >= 0.3 is 0 Å². The molecule has 140 valence electrons. The lowest BCUT2D eigenvalue weighted by Gasteiger charge is -2.13. The van der Waals surface area contributed by atoms with Crippen LogP contribution in [0.3, 0.4) is 0 Å². The van der Waals surface area contributed by atoms with E-state index in [1.807, 2.05) is 6.07 Å². The third-order valence-corrected chi connectivity index (χ3v) is 5.30. The Morgan fingerprint density at radius 3 is 2.89 bits per heavy atom. The number of rotatable bonds is 4. The van der Waals surface area contributed by atoms with Crippen molar-refractivity contribution < 1.29 is 9.53 Å². The maximum atomic E-state index is 12.4. The summed E-state index contributed by atoms with van der Waals surface area (Å²) in [6.07, 6.45) is 3.79. The van der Waals surface area contributed by atoms with Gasteiger partial charge in [0.1, 0.15) is 17.5 Å². The molecule has 1 aromatic carbocycles. The molecule has 2 aromatic heterocycles. The number of fused-ring (bicyclic) bond motifs is 2. The quantitative estimate of drug-likeness (QED) is 0.727. The van der Waals surface area contributed by atoms with Gasteiger partial charge in [0.2, 0.25) is 5.95 Å². The predicted octanol–water partition coefficient (Wildman–Crippen LogP) is 3.04. The van der Waals surface area contributed by atoms with Gasteiger partial charge in [0, 0.05) is 31.3 Å². The molecule has 8 heteroatoms. The van der Waals surface area contributed by atoms with Gasteiger partial charge in [-0.3, -0.25) is 4.79 Å². The first kappa shape index (κ1) is 16.6. The number of aromatic nitrogens is 3. The van der Waals surface area contributed by atoms with E-state index in [0.29, 0.717) is 46.6 Å². The van der Waals surface area contributed by atoms with Crippen molar-refractivity contribution in [3.05, 3.63) is 40.7 Å². The Kier molecular flexibility index (Phi) is 3.52. The Morgan fingerprint density at radius 2 is 2.18 bits per heavy atom. The molecule has 0 radical (unpaired) electrons. The Bertz CT molecular complexity index is 1170. The number of H-pyrrole nitrogens is 1. The zero-order chi connectivity index (χ0) is 19.4. The van der Waals surface area contributed by atoms with E-state index in [2.05, 4.69) is 21.4 Å². The monoisotopic (exact) mass is 374 g/mol. The van der Waals surface area contributed by atoms with E-state index in [4.69, 9.17) is 9.72 Å². The van der Waals surface area contributed by atoms with Crippen LogP contribution < -0.4 is 10.1 Å². The third kappa shape index (κ3) is 2.47. The van der Waals surface area contributed by atoms with Crippen LogP contribution in [0.1, 0.15) is 45.9 Å². The number of nitrogens with one attached hydrogen (secondary N) is 2. The van der Waals surface area contributed by atoms with Gasteiger partial charge in [-0.15, -0.1) is 0 Å². The van der Waals surface area contributed by atoms with Crippen LogP contribution in [0.4, 0.5) is 11.6 Å². The molecule has 1 aliphatic carbocycles. The summed E-state index contributed by atoms with van der Waals surface area (Å²) < 4.78 is 5.51. The fourth-order valence-corrected chi connectivity index (χ4v) is 3.73. The highest BCUT2D eigenvalue weighted by Gasteiger charge is 2.30. The van der Waals surface area contributed by atoms with Gasteiger partial charge < -0.3 is 19.9 Å². The molecule has 0 saturated heterocycles. The van der Waals surface area contributed by atoms with E-state index in [9.17, 15) is 10.1 Å². The lowest BCUT2D eigenvalue weighted by atomic mass is 10.1. The summed E-state index contributed by atoms with van der Waals surface area (Å²) in [5.74, 6) is 1.38. The van der Waals surface area contributed by atoms with Crippen molar-refractivity contribution >= 4 is 28.6 Å². The molecular weight excluding hydrogens is 356 g/mol. The van der Waals surface area contributed by atoms with E-state index in [-0.39, 0.29) is 5.91 Å². The average molecular weight is 374 g/mol. The van der Waals surface area contributed by atoms with Crippen LogP contribution in [0.2, 0.25) is 0 Å². The maximum absolute atomic E-state index is 12.4. The van der Waals surface area contributed by atoms with Crippen molar-refractivity contribution in [3.63, 3.8) is 0 Å². The highest BCUT2D eigenvalue weighted by atomic mass is 16.5. The van der Waals surface area contributed by atoms with E-state index >= 15 is 0 Å². The minimum Gasteiger partial charge on any atom is -0.495 e. The summed E-state index contributed by atoms with van der Waals surface area (Å²) in [7, 11) is 3.37. The summed E-state index contributed by atoms with van der Waals surface area (Å²) in [6.45, 7) is 0.568. The molecule has 1 saturated carbocycles. The molecular formula is C20H18N6O2. The number of hydrogen-bond acceptors (Lipinski definition) is 6. The highest BCUT2D eigenvalue weighted by Crippen LogP contribution is 2.43. The second-order valence-electron chi connectivity index (χ2n) is 7.24. The van der Waals surface area contributed by atoms with E-state index < -0.39 is 0 Å². The number of aromatic amines is 1. The molecule has 1 fully saturated rings. The molecule has 1 amide bonds. The third-order valence-electron chi connectivity index (χ3n) is 5.30. The molecule has 3 heterocycles. The number of anilines is 2. The second-order valence-corrected chi connectivity index (χ2v) is 7.24. The molecule has 2 N–H and O–H groups in total. The molecule has 5 rings (SSSR count). The van der Waals surface area contributed by atoms with E-state index in [1.54, 1.807) is 31.3 Å². The summed E-state index contributed by atoms with van der Waals surface area (Å²) in [4.78, 5) is 26.3. The minimum atomic E-state index is -0.0150. The van der Waals surface area contributed by atoms with Crippen molar-refractivity contribution in [2.45, 2.75) is 25.3 Å². The lowest BCUT2D eigenvalue weighted by Crippen LogP contribution is -2.17. The van der Waals surface area contributed by atoms with Crippen LogP contribution >= 0.6 is 0 Å². The standard InChI is InChI=1S/C20H18N6O2/c1-26-9-11-5-15(28-2)14(6-13(11)19(26)27)23-20-24-17(10-3-4-10)16-12(7-21)8-22-18(16)25-20/h5-6,8,10H,3-4,9H2,1-2H3,(H2,22,23,24,25). The SMILES string of the molecule is COc1cc2c(cc1Nc1nc(C3CC3)c3c(C#N)c[nH]c3n1)C(=O)N(C)C2. The van der Waals surface area contributed by atoms with Crippen molar-refractivity contribution in [2.24, 2.45) is 0 Å². The van der Waals surface area contributed by atoms with Crippen LogP contribution in [-0.2, 0) is 6.54 Å². The number of ether oxygens (including phenoxy) is 1. The zero-order valence-corrected chi connectivity index (χ0v) is 15.5. The average Bonchev–Trinajstić information content (AvgIpc) is 3.41. The van der Waals surface area contributed by atoms with Crippen LogP contribution in [0.15, 0.2) is 18.3 Å². The molecule has 2 aliphatic rings. The normalized spacial score (nSPS) is 15.6. The van der Waals surface area contributed by atoms with Crippen LogP contribution in [-0.4, -0.2) is 39.9 Å². The number of carbonyl (C=O) groups excluding carboxylic acids is 1. The molecule has 0 spiro atoms. The van der Waals surface area contributed by atoms with Crippen molar-refractivity contribution in [1.82, 2.24) is 19.9 Å². The molecule has 0 bridgehead atoms.